The Morgan fingerprint density at radius 1 is 0.923 bits per heavy atom. The van der Waals surface area contributed by atoms with Crippen LogP contribution < -0.4 is 4.74 Å². The molecule has 0 aliphatic heterocycles. The van der Waals surface area contributed by atoms with Gasteiger partial charge in [-0.25, -0.2) is 5.10 Å². The van der Waals surface area contributed by atoms with Crippen molar-refractivity contribution in [2.24, 2.45) is 0 Å². The molecule has 1 aromatic carbocycles. The summed E-state index contributed by atoms with van der Waals surface area (Å²) in [5, 5.41) is 7.01. The Kier molecular flexibility index (Phi) is 4.43. The molecule has 0 fully saturated rings. The molecule has 0 spiro atoms. The number of pyridine rings is 2. The second kappa shape index (κ2) is 7.19. The zero-order valence-corrected chi connectivity index (χ0v) is 14.4. The van der Waals surface area contributed by atoms with E-state index in [0.717, 1.165) is 33.5 Å². The number of nitrogens with zero attached hydrogens (tertiary/aromatic N) is 3. The molecule has 0 bridgehead atoms. The van der Waals surface area contributed by atoms with Crippen molar-refractivity contribution >= 4 is 0 Å². The molecule has 3 heterocycles. The lowest BCUT2D eigenvalue weighted by Crippen LogP contribution is -1.97. The topological polar surface area (TPSA) is 63.7 Å². The fourth-order valence-corrected chi connectivity index (χ4v) is 2.82. The van der Waals surface area contributed by atoms with E-state index in [1.807, 2.05) is 24.4 Å². The highest BCUT2D eigenvalue weighted by molar-refractivity contribution is 5.67. The Hall–Kier alpha value is -3.47. The van der Waals surface area contributed by atoms with E-state index in [0.29, 0.717) is 12.5 Å². The van der Waals surface area contributed by atoms with Gasteiger partial charge in [0.15, 0.2) is 0 Å². The monoisotopic (exact) mass is 342 g/mol. The second-order valence-corrected chi connectivity index (χ2v) is 6.00. The first kappa shape index (κ1) is 16.0. The second-order valence-electron chi connectivity index (χ2n) is 6.00. The van der Waals surface area contributed by atoms with Crippen LogP contribution in [0.15, 0.2) is 73.3 Å². The van der Waals surface area contributed by atoms with E-state index in [1.165, 1.54) is 0 Å². The summed E-state index contributed by atoms with van der Waals surface area (Å²) < 4.78 is 5.93. The predicted molar refractivity (Wildman–Crippen MR) is 101 cm³/mol. The molecule has 0 saturated carbocycles. The number of rotatable bonds is 5. The molecule has 0 aliphatic carbocycles. The van der Waals surface area contributed by atoms with Gasteiger partial charge in [-0.15, -0.1) is 0 Å². The molecule has 5 heteroatoms. The minimum atomic E-state index is 0.460. The third kappa shape index (κ3) is 3.32. The Labute approximate surface area is 151 Å². The van der Waals surface area contributed by atoms with Gasteiger partial charge >= 0.3 is 0 Å². The summed E-state index contributed by atoms with van der Waals surface area (Å²) >= 11 is 0. The van der Waals surface area contributed by atoms with Gasteiger partial charge in [0.25, 0.3) is 0 Å². The highest BCUT2D eigenvalue weighted by Gasteiger charge is 2.09. The van der Waals surface area contributed by atoms with E-state index >= 15 is 0 Å². The van der Waals surface area contributed by atoms with Crippen LogP contribution in [0.25, 0.3) is 22.4 Å². The first-order valence-electron chi connectivity index (χ1n) is 8.39. The molecule has 0 unspecified atom stereocenters. The Bertz CT molecular complexity index is 994. The molecule has 3 aromatic heterocycles. The number of nitrogens with one attached hydrogen (secondary N) is 1. The summed E-state index contributed by atoms with van der Waals surface area (Å²) in [7, 11) is 0. The fraction of sp³-hybridized carbons (Fsp3) is 0.0952. The molecule has 0 atom stereocenters. The number of H-pyrrole nitrogens is 1. The number of hydrogen-bond donors (Lipinski definition) is 1. The van der Waals surface area contributed by atoms with Crippen molar-refractivity contribution in [3.63, 3.8) is 0 Å². The largest absolute Gasteiger partial charge is 0.473 e. The molecule has 4 aromatic rings. The average molecular weight is 342 g/mol. The summed E-state index contributed by atoms with van der Waals surface area (Å²) in [5.74, 6) is 0.654. The van der Waals surface area contributed by atoms with E-state index in [-0.39, 0.29) is 0 Å². The molecule has 26 heavy (non-hydrogen) atoms. The SMILES string of the molecule is Cc1cccnc1-c1ccc(COc2[nH]ncc2-c2ccncc2)cc1. The summed E-state index contributed by atoms with van der Waals surface area (Å²) in [6.07, 6.45) is 7.09. The lowest BCUT2D eigenvalue weighted by atomic mass is 10.1. The third-order valence-corrected chi connectivity index (χ3v) is 4.22. The van der Waals surface area contributed by atoms with E-state index in [2.05, 4.69) is 57.4 Å². The van der Waals surface area contributed by atoms with Gasteiger partial charge in [-0.05, 0) is 41.8 Å². The first-order chi connectivity index (χ1) is 12.8. The van der Waals surface area contributed by atoms with E-state index in [4.69, 9.17) is 4.74 Å². The summed E-state index contributed by atoms with van der Waals surface area (Å²) in [6.45, 7) is 2.53. The molecular formula is C21H18N4O. The third-order valence-electron chi connectivity index (χ3n) is 4.22. The standard InChI is InChI=1S/C21H18N4O/c1-15-3-2-10-23-20(15)18-6-4-16(5-7-18)14-26-21-19(13-24-25-21)17-8-11-22-12-9-17/h2-13H,14H2,1H3,(H,24,25). The van der Waals surface area contributed by atoms with Crippen LogP contribution in [-0.2, 0) is 6.61 Å². The minimum absolute atomic E-state index is 0.460. The van der Waals surface area contributed by atoms with Gasteiger partial charge in [-0.2, -0.15) is 5.10 Å². The van der Waals surface area contributed by atoms with Crippen LogP contribution in [0, 0.1) is 6.92 Å². The highest BCUT2D eigenvalue weighted by atomic mass is 16.5. The molecule has 0 saturated heterocycles. The van der Waals surface area contributed by atoms with Gasteiger partial charge < -0.3 is 4.74 Å². The van der Waals surface area contributed by atoms with Gasteiger partial charge in [0, 0.05) is 24.2 Å². The minimum Gasteiger partial charge on any atom is -0.473 e. The van der Waals surface area contributed by atoms with Crippen molar-refractivity contribution in [2.75, 3.05) is 0 Å². The van der Waals surface area contributed by atoms with Crippen LogP contribution in [-0.4, -0.2) is 20.2 Å². The molecule has 1 N–H and O–H groups in total. The number of ether oxygens (including phenoxy) is 1. The number of aromatic nitrogens is 4. The fourth-order valence-electron chi connectivity index (χ4n) is 2.82. The maximum atomic E-state index is 5.93. The van der Waals surface area contributed by atoms with Crippen molar-refractivity contribution in [1.29, 1.82) is 0 Å². The van der Waals surface area contributed by atoms with Crippen molar-refractivity contribution in [3.8, 4) is 28.3 Å². The summed E-state index contributed by atoms with van der Waals surface area (Å²) in [4.78, 5) is 8.50. The quantitative estimate of drug-likeness (QED) is 0.583. The van der Waals surface area contributed by atoms with Crippen molar-refractivity contribution in [1.82, 2.24) is 20.2 Å². The molecule has 128 valence electrons. The van der Waals surface area contributed by atoms with Gasteiger partial charge in [0.2, 0.25) is 5.88 Å². The van der Waals surface area contributed by atoms with Crippen LogP contribution in [0.5, 0.6) is 5.88 Å². The Balaban J connectivity index is 1.48. The Morgan fingerprint density at radius 3 is 2.50 bits per heavy atom. The number of hydrogen-bond acceptors (Lipinski definition) is 4. The van der Waals surface area contributed by atoms with Gasteiger partial charge in [0.05, 0.1) is 17.5 Å². The van der Waals surface area contributed by atoms with Crippen LogP contribution in [0.1, 0.15) is 11.1 Å². The number of aromatic amines is 1. The average Bonchev–Trinajstić information content (AvgIpc) is 3.17. The molecular weight excluding hydrogens is 324 g/mol. The maximum Gasteiger partial charge on any atom is 0.217 e. The number of aryl methyl sites for hydroxylation is 1. The van der Waals surface area contributed by atoms with Crippen LogP contribution in [0.4, 0.5) is 0 Å². The molecule has 0 aliphatic rings. The molecule has 5 nitrogen and oxygen atoms in total. The van der Waals surface area contributed by atoms with Crippen molar-refractivity contribution in [3.05, 3.63) is 84.4 Å². The zero-order chi connectivity index (χ0) is 17.8. The van der Waals surface area contributed by atoms with Crippen LogP contribution in [0.2, 0.25) is 0 Å². The van der Waals surface area contributed by atoms with E-state index in [1.54, 1.807) is 18.6 Å². The Morgan fingerprint density at radius 2 is 1.73 bits per heavy atom. The van der Waals surface area contributed by atoms with Gasteiger partial charge in [-0.3, -0.25) is 9.97 Å². The highest BCUT2D eigenvalue weighted by Crippen LogP contribution is 2.28. The summed E-state index contributed by atoms with van der Waals surface area (Å²) in [6, 6.07) is 16.2. The molecule has 4 rings (SSSR count). The zero-order valence-electron chi connectivity index (χ0n) is 14.4. The van der Waals surface area contributed by atoms with Crippen molar-refractivity contribution in [2.45, 2.75) is 13.5 Å². The molecule has 0 amide bonds. The molecule has 0 radical (unpaired) electrons. The van der Waals surface area contributed by atoms with Crippen molar-refractivity contribution < 1.29 is 4.74 Å². The normalized spacial score (nSPS) is 10.7. The predicted octanol–water partition coefficient (Wildman–Crippen LogP) is 4.42. The van der Waals surface area contributed by atoms with Gasteiger partial charge in [0.1, 0.15) is 6.61 Å². The lowest BCUT2D eigenvalue weighted by molar-refractivity contribution is 0.294. The summed E-state index contributed by atoms with van der Waals surface area (Å²) in [5.41, 5.74) is 6.30. The van der Waals surface area contributed by atoms with E-state index < -0.39 is 0 Å². The van der Waals surface area contributed by atoms with Crippen LogP contribution in [0.3, 0.4) is 0 Å². The maximum absolute atomic E-state index is 5.93. The van der Waals surface area contributed by atoms with Crippen LogP contribution >= 0.6 is 0 Å². The smallest absolute Gasteiger partial charge is 0.217 e. The first-order valence-corrected chi connectivity index (χ1v) is 8.39. The lowest BCUT2D eigenvalue weighted by Gasteiger charge is -2.08. The van der Waals surface area contributed by atoms with Gasteiger partial charge in [-0.1, -0.05) is 30.3 Å². The van der Waals surface area contributed by atoms with E-state index in [9.17, 15) is 0 Å². The number of benzene rings is 1.